The van der Waals surface area contributed by atoms with Crippen LogP contribution in [0.1, 0.15) is 59.2 Å². The third kappa shape index (κ3) is 7.07. The van der Waals surface area contributed by atoms with Gasteiger partial charge in [-0.15, -0.1) is 0 Å². The first-order valence-electron chi connectivity index (χ1n) is 12.7. The lowest BCUT2D eigenvalue weighted by Crippen LogP contribution is -2.36. The summed E-state index contributed by atoms with van der Waals surface area (Å²) in [7, 11) is 0. The number of ether oxygens (including phenoxy) is 2. The highest BCUT2D eigenvalue weighted by atomic mass is 16.5. The number of carbonyl (C=O) groups is 3. The Bertz CT molecular complexity index is 1020. The minimum absolute atomic E-state index is 0.0151. The number of nitrogens with zero attached hydrogens (tertiary/aromatic N) is 1. The number of nitrogens with one attached hydrogen (secondary N) is 1. The van der Waals surface area contributed by atoms with E-state index in [1.165, 1.54) is 0 Å². The predicted octanol–water partition coefficient (Wildman–Crippen LogP) is 3.94. The minimum atomic E-state index is -0.728. The summed E-state index contributed by atoms with van der Waals surface area (Å²) >= 11 is 0. The van der Waals surface area contributed by atoms with Gasteiger partial charge in [-0.05, 0) is 80.6 Å². The van der Waals surface area contributed by atoms with Crippen LogP contribution in [0.3, 0.4) is 0 Å². The van der Waals surface area contributed by atoms with Gasteiger partial charge in [0.25, 0.3) is 5.91 Å². The summed E-state index contributed by atoms with van der Waals surface area (Å²) in [5.41, 5.74) is 2.30. The number of carbonyl (C=O) groups excluding carboxylic acids is 2. The molecule has 0 bridgehead atoms. The van der Waals surface area contributed by atoms with Gasteiger partial charge >= 0.3 is 5.97 Å². The summed E-state index contributed by atoms with van der Waals surface area (Å²) < 4.78 is 11.3. The van der Waals surface area contributed by atoms with E-state index in [9.17, 15) is 14.4 Å². The van der Waals surface area contributed by atoms with E-state index in [0.717, 1.165) is 44.8 Å². The number of morpholine rings is 1. The Morgan fingerprint density at radius 2 is 1.56 bits per heavy atom. The van der Waals surface area contributed by atoms with Crippen LogP contribution < -0.4 is 15.0 Å². The van der Waals surface area contributed by atoms with Gasteiger partial charge in [-0.25, -0.2) is 0 Å². The molecule has 1 saturated heterocycles. The highest BCUT2D eigenvalue weighted by Gasteiger charge is 2.26. The quantitative estimate of drug-likeness (QED) is 0.381. The Hall–Kier alpha value is -3.39. The highest BCUT2D eigenvalue weighted by molar-refractivity contribution is 5.96. The van der Waals surface area contributed by atoms with E-state index in [4.69, 9.17) is 14.6 Å². The number of carboxylic acids is 1. The number of aliphatic carboxylic acids is 1. The van der Waals surface area contributed by atoms with Gasteiger partial charge in [0.1, 0.15) is 5.75 Å². The fraction of sp³-hybridized carbons (Fsp3) is 0.464. The minimum Gasteiger partial charge on any atom is -0.490 e. The molecule has 2 aromatic carbocycles. The number of carboxylic acid groups (broad SMARTS) is 1. The Labute approximate surface area is 211 Å². The zero-order valence-corrected chi connectivity index (χ0v) is 20.5. The maximum atomic E-state index is 12.5. The van der Waals surface area contributed by atoms with Crippen LogP contribution in [0, 0.1) is 5.92 Å². The average Bonchev–Trinajstić information content (AvgIpc) is 2.92. The van der Waals surface area contributed by atoms with Crippen LogP contribution in [0.4, 0.5) is 5.69 Å². The van der Waals surface area contributed by atoms with Crippen LogP contribution in [0.2, 0.25) is 0 Å². The maximum absolute atomic E-state index is 12.5. The lowest BCUT2D eigenvalue weighted by molar-refractivity contribution is -0.143. The molecule has 0 spiro atoms. The first-order valence-corrected chi connectivity index (χ1v) is 12.7. The number of benzene rings is 2. The van der Waals surface area contributed by atoms with Crippen molar-refractivity contribution in [1.29, 1.82) is 0 Å². The molecule has 1 saturated carbocycles. The van der Waals surface area contributed by atoms with Crippen molar-refractivity contribution in [2.24, 2.45) is 5.92 Å². The molecule has 2 N–H and O–H groups in total. The number of Topliss-reactive ketones (excluding diaryl/α,β-unsaturated/α-hetero) is 1. The van der Waals surface area contributed by atoms with Crippen molar-refractivity contribution in [3.63, 3.8) is 0 Å². The molecule has 0 atom stereocenters. The van der Waals surface area contributed by atoms with Crippen molar-refractivity contribution in [2.75, 3.05) is 37.7 Å². The van der Waals surface area contributed by atoms with Crippen molar-refractivity contribution in [2.45, 2.75) is 44.6 Å². The summed E-state index contributed by atoms with van der Waals surface area (Å²) in [4.78, 5) is 38.3. The monoisotopic (exact) mass is 494 g/mol. The van der Waals surface area contributed by atoms with Gasteiger partial charge in [0.15, 0.2) is 5.78 Å². The van der Waals surface area contributed by atoms with E-state index < -0.39 is 5.97 Å². The first kappa shape index (κ1) is 25.7. The van der Waals surface area contributed by atoms with Crippen LogP contribution in [-0.4, -0.2) is 61.7 Å². The van der Waals surface area contributed by atoms with Crippen LogP contribution >= 0.6 is 0 Å². The molecule has 0 aromatic heterocycles. The van der Waals surface area contributed by atoms with Crippen molar-refractivity contribution in [1.82, 2.24) is 5.32 Å². The van der Waals surface area contributed by atoms with Gasteiger partial charge in [0, 0.05) is 42.9 Å². The third-order valence-corrected chi connectivity index (χ3v) is 6.87. The Balaban J connectivity index is 1.15. The third-order valence-electron chi connectivity index (χ3n) is 6.87. The molecular formula is C28H34N2O6. The number of hydrogen-bond donors (Lipinski definition) is 2. The molecule has 0 unspecified atom stereocenters. The number of hydrogen-bond acceptors (Lipinski definition) is 6. The summed E-state index contributed by atoms with van der Waals surface area (Å²) in [5.74, 6) is -0.427. The largest absolute Gasteiger partial charge is 0.490 e. The van der Waals surface area contributed by atoms with E-state index >= 15 is 0 Å². The lowest BCUT2D eigenvalue weighted by Gasteiger charge is -2.28. The second-order valence-electron chi connectivity index (χ2n) is 9.38. The molecule has 4 rings (SSSR count). The van der Waals surface area contributed by atoms with Crippen molar-refractivity contribution < 1.29 is 29.0 Å². The molecule has 2 fully saturated rings. The molecule has 2 aliphatic rings. The van der Waals surface area contributed by atoms with E-state index in [1.54, 1.807) is 24.3 Å². The summed E-state index contributed by atoms with van der Waals surface area (Å²) in [6.45, 7) is 3.57. The molecule has 1 amide bonds. The highest BCUT2D eigenvalue weighted by Crippen LogP contribution is 2.28. The zero-order chi connectivity index (χ0) is 25.3. The zero-order valence-electron chi connectivity index (χ0n) is 20.5. The van der Waals surface area contributed by atoms with Gasteiger partial charge in [0.05, 0.1) is 25.2 Å². The van der Waals surface area contributed by atoms with Gasteiger partial charge in [-0.2, -0.15) is 0 Å². The number of rotatable bonds is 10. The molecule has 1 aliphatic carbocycles. The van der Waals surface area contributed by atoms with Crippen LogP contribution in [0.25, 0.3) is 0 Å². The molecule has 36 heavy (non-hydrogen) atoms. The Morgan fingerprint density at radius 1 is 0.917 bits per heavy atom. The standard InChI is InChI=1S/C28H34N2O6/c31-26(20-5-11-24(12-6-20)36-25-13-7-22(8-14-25)28(33)34)2-1-15-29-27(32)21-3-9-23(10-4-21)30-16-18-35-19-17-30/h3-6,9-12,22,25H,1-2,7-8,13-19H2,(H,29,32)(H,33,34). The number of anilines is 1. The van der Waals surface area contributed by atoms with Crippen molar-refractivity contribution in [3.05, 3.63) is 59.7 Å². The molecule has 192 valence electrons. The molecule has 8 heteroatoms. The smallest absolute Gasteiger partial charge is 0.306 e. The van der Waals surface area contributed by atoms with Crippen LogP contribution in [0.5, 0.6) is 5.75 Å². The predicted molar refractivity (Wildman–Crippen MR) is 136 cm³/mol. The summed E-state index contributed by atoms with van der Waals surface area (Å²) in [6, 6.07) is 14.7. The molecule has 1 aliphatic heterocycles. The second-order valence-corrected chi connectivity index (χ2v) is 9.38. The summed E-state index contributed by atoms with van der Waals surface area (Å²) in [5, 5.41) is 12.0. The Morgan fingerprint density at radius 3 is 2.19 bits per heavy atom. The van der Waals surface area contributed by atoms with E-state index in [2.05, 4.69) is 10.2 Å². The first-order chi connectivity index (χ1) is 17.5. The van der Waals surface area contributed by atoms with Crippen molar-refractivity contribution >= 4 is 23.3 Å². The Kier molecular flexibility index (Phi) is 8.95. The van der Waals surface area contributed by atoms with Gasteiger partial charge in [-0.1, -0.05) is 0 Å². The SMILES string of the molecule is O=C(CCCNC(=O)c1ccc(N2CCOCC2)cc1)c1ccc(OC2CCC(C(=O)O)CC2)cc1. The van der Waals surface area contributed by atoms with Gasteiger partial charge in [-0.3, -0.25) is 14.4 Å². The fourth-order valence-electron chi connectivity index (χ4n) is 4.68. The average molecular weight is 495 g/mol. The molecular weight excluding hydrogens is 460 g/mol. The van der Waals surface area contributed by atoms with Gasteiger partial charge < -0.3 is 24.8 Å². The lowest BCUT2D eigenvalue weighted by atomic mass is 9.87. The fourth-order valence-corrected chi connectivity index (χ4v) is 4.68. The molecule has 8 nitrogen and oxygen atoms in total. The van der Waals surface area contributed by atoms with Crippen LogP contribution in [-0.2, 0) is 9.53 Å². The van der Waals surface area contributed by atoms with E-state index in [0.29, 0.717) is 49.1 Å². The van der Waals surface area contributed by atoms with Crippen LogP contribution in [0.15, 0.2) is 48.5 Å². The summed E-state index contributed by atoms with van der Waals surface area (Å²) in [6.07, 6.45) is 3.63. The maximum Gasteiger partial charge on any atom is 0.306 e. The topological polar surface area (TPSA) is 105 Å². The molecule has 2 aromatic rings. The van der Waals surface area contributed by atoms with Crippen molar-refractivity contribution in [3.8, 4) is 5.75 Å². The van der Waals surface area contributed by atoms with E-state index in [-0.39, 0.29) is 23.7 Å². The number of ketones is 1. The van der Waals surface area contributed by atoms with E-state index in [1.807, 2.05) is 24.3 Å². The second kappa shape index (κ2) is 12.5. The molecule has 1 heterocycles. The normalized spacial score (nSPS) is 19.9. The number of amides is 1. The van der Waals surface area contributed by atoms with Gasteiger partial charge in [0.2, 0.25) is 0 Å². The molecule has 0 radical (unpaired) electrons.